The molecule has 1 rings (SSSR count). The highest BCUT2D eigenvalue weighted by Crippen LogP contribution is 2.16. The highest BCUT2D eigenvalue weighted by atomic mass is 35.5. The summed E-state index contributed by atoms with van der Waals surface area (Å²) < 4.78 is 13.3. The Kier molecular flexibility index (Phi) is 5.06. The average Bonchev–Trinajstić information content (AvgIpc) is 2.20. The van der Waals surface area contributed by atoms with E-state index < -0.39 is 0 Å². The molecular weight excluding hydrogens is 213 g/mol. The lowest BCUT2D eigenvalue weighted by Gasteiger charge is -2.12. The topological polar surface area (TPSA) is 12.0 Å². The van der Waals surface area contributed by atoms with Gasteiger partial charge in [0.2, 0.25) is 0 Å². The zero-order chi connectivity index (χ0) is 11.3. The van der Waals surface area contributed by atoms with E-state index in [1.165, 1.54) is 6.07 Å². The Balaban J connectivity index is 2.53. The van der Waals surface area contributed by atoms with Gasteiger partial charge in [0, 0.05) is 11.1 Å². The van der Waals surface area contributed by atoms with Gasteiger partial charge in [-0.15, -0.1) is 0 Å². The van der Waals surface area contributed by atoms with E-state index in [1.54, 1.807) is 12.1 Å². The first-order valence-corrected chi connectivity index (χ1v) is 5.68. The van der Waals surface area contributed by atoms with Crippen LogP contribution in [0.5, 0.6) is 0 Å². The molecule has 3 heteroatoms. The molecule has 0 amide bonds. The van der Waals surface area contributed by atoms with Crippen molar-refractivity contribution in [1.82, 2.24) is 5.32 Å². The van der Waals surface area contributed by atoms with Gasteiger partial charge < -0.3 is 5.32 Å². The second-order valence-electron chi connectivity index (χ2n) is 3.73. The smallest absolute Gasteiger partial charge is 0.126 e. The Labute approximate surface area is 95.6 Å². The minimum absolute atomic E-state index is 0.164. The maximum Gasteiger partial charge on any atom is 0.126 e. The van der Waals surface area contributed by atoms with Crippen molar-refractivity contribution >= 4 is 11.6 Å². The summed E-state index contributed by atoms with van der Waals surface area (Å²) in [5.74, 6) is -0.164. The van der Waals surface area contributed by atoms with Crippen LogP contribution in [0, 0.1) is 5.82 Å². The van der Waals surface area contributed by atoms with Crippen molar-refractivity contribution in [1.29, 1.82) is 0 Å². The highest BCUT2D eigenvalue weighted by Gasteiger charge is 2.05. The third kappa shape index (κ3) is 4.18. The Morgan fingerprint density at radius 1 is 1.47 bits per heavy atom. The van der Waals surface area contributed by atoms with Crippen LogP contribution in [0.15, 0.2) is 18.2 Å². The molecule has 1 aromatic carbocycles. The Morgan fingerprint density at radius 2 is 2.20 bits per heavy atom. The van der Waals surface area contributed by atoms with Crippen molar-refractivity contribution in [2.45, 2.75) is 32.7 Å². The van der Waals surface area contributed by atoms with E-state index >= 15 is 0 Å². The van der Waals surface area contributed by atoms with Crippen molar-refractivity contribution < 1.29 is 4.39 Å². The van der Waals surface area contributed by atoms with E-state index in [-0.39, 0.29) is 5.82 Å². The third-order valence-electron chi connectivity index (χ3n) is 2.41. The Hall–Kier alpha value is -0.600. The summed E-state index contributed by atoms with van der Waals surface area (Å²) in [4.78, 5) is 0. The van der Waals surface area contributed by atoms with Crippen LogP contribution in [0.2, 0.25) is 5.02 Å². The Morgan fingerprint density at radius 3 is 2.87 bits per heavy atom. The van der Waals surface area contributed by atoms with E-state index in [9.17, 15) is 4.39 Å². The summed E-state index contributed by atoms with van der Waals surface area (Å²) in [6.45, 7) is 5.11. The first-order chi connectivity index (χ1) is 7.13. The van der Waals surface area contributed by atoms with E-state index in [2.05, 4.69) is 19.2 Å². The quantitative estimate of drug-likeness (QED) is 0.816. The largest absolute Gasteiger partial charge is 0.315 e. The van der Waals surface area contributed by atoms with Gasteiger partial charge in [-0.2, -0.15) is 0 Å². The molecular formula is C12H17ClFN. The summed E-state index contributed by atoms with van der Waals surface area (Å²) in [6.07, 6.45) is 1.64. The summed E-state index contributed by atoms with van der Waals surface area (Å²) in [5.41, 5.74) is 0.701. The minimum atomic E-state index is -0.164. The van der Waals surface area contributed by atoms with Gasteiger partial charge in [-0.05, 0) is 50.1 Å². The molecule has 0 radical (unpaired) electrons. The second-order valence-corrected chi connectivity index (χ2v) is 4.17. The fourth-order valence-electron chi connectivity index (χ4n) is 1.56. The first-order valence-electron chi connectivity index (χ1n) is 5.30. The lowest BCUT2D eigenvalue weighted by atomic mass is 10.1. The number of rotatable bonds is 5. The molecule has 0 fully saturated rings. The van der Waals surface area contributed by atoms with E-state index in [1.807, 2.05) is 0 Å². The molecule has 0 heterocycles. The Bertz CT molecular complexity index is 314. The summed E-state index contributed by atoms with van der Waals surface area (Å²) in [7, 11) is 0. The van der Waals surface area contributed by atoms with Crippen LogP contribution in [0.3, 0.4) is 0 Å². The van der Waals surface area contributed by atoms with Crippen molar-refractivity contribution in [3.63, 3.8) is 0 Å². The van der Waals surface area contributed by atoms with E-state index in [0.717, 1.165) is 19.4 Å². The normalized spacial score (nSPS) is 12.8. The monoisotopic (exact) mass is 229 g/mol. The number of hydrogen-bond donors (Lipinski definition) is 1. The fraction of sp³-hybridized carbons (Fsp3) is 0.500. The molecule has 15 heavy (non-hydrogen) atoms. The lowest BCUT2D eigenvalue weighted by molar-refractivity contribution is 0.520. The zero-order valence-electron chi connectivity index (χ0n) is 9.19. The molecule has 84 valence electrons. The molecule has 0 aliphatic carbocycles. The molecule has 1 aromatic rings. The van der Waals surface area contributed by atoms with Gasteiger partial charge in [-0.3, -0.25) is 0 Å². The molecule has 1 N–H and O–H groups in total. The predicted octanol–water partition coefficient (Wildman–Crippen LogP) is 3.41. The SMILES string of the molecule is CCNC(C)CCc1cc(Cl)ccc1F. The summed E-state index contributed by atoms with van der Waals surface area (Å²) in [5, 5.41) is 3.89. The molecule has 1 unspecified atom stereocenters. The minimum Gasteiger partial charge on any atom is -0.315 e. The van der Waals surface area contributed by atoms with Crippen molar-refractivity contribution in [3.8, 4) is 0 Å². The summed E-state index contributed by atoms with van der Waals surface area (Å²) in [6, 6.07) is 5.12. The van der Waals surface area contributed by atoms with Gasteiger partial charge in [0.05, 0.1) is 0 Å². The van der Waals surface area contributed by atoms with Gasteiger partial charge in [-0.25, -0.2) is 4.39 Å². The number of benzene rings is 1. The summed E-state index contributed by atoms with van der Waals surface area (Å²) >= 11 is 5.81. The standard InChI is InChI=1S/C12H17ClFN/c1-3-15-9(2)4-5-10-8-11(13)6-7-12(10)14/h6-9,15H,3-5H2,1-2H3. The molecule has 0 bridgehead atoms. The van der Waals surface area contributed by atoms with Crippen LogP contribution >= 0.6 is 11.6 Å². The molecule has 0 aliphatic heterocycles. The van der Waals surface area contributed by atoms with Crippen LogP contribution in [-0.4, -0.2) is 12.6 Å². The van der Waals surface area contributed by atoms with Crippen LogP contribution in [0.25, 0.3) is 0 Å². The molecule has 0 aliphatic rings. The van der Waals surface area contributed by atoms with E-state index in [4.69, 9.17) is 11.6 Å². The van der Waals surface area contributed by atoms with Crippen LogP contribution in [-0.2, 0) is 6.42 Å². The van der Waals surface area contributed by atoms with Gasteiger partial charge in [0.25, 0.3) is 0 Å². The number of halogens is 2. The highest BCUT2D eigenvalue weighted by molar-refractivity contribution is 6.30. The number of hydrogen-bond acceptors (Lipinski definition) is 1. The second kappa shape index (κ2) is 6.09. The third-order valence-corrected chi connectivity index (χ3v) is 2.64. The van der Waals surface area contributed by atoms with Gasteiger partial charge in [0.15, 0.2) is 0 Å². The van der Waals surface area contributed by atoms with Crippen molar-refractivity contribution in [2.75, 3.05) is 6.54 Å². The predicted molar refractivity (Wildman–Crippen MR) is 62.9 cm³/mol. The van der Waals surface area contributed by atoms with Gasteiger partial charge in [0.1, 0.15) is 5.82 Å². The maximum atomic E-state index is 13.3. The molecule has 0 saturated carbocycles. The molecule has 0 aromatic heterocycles. The van der Waals surface area contributed by atoms with Crippen LogP contribution < -0.4 is 5.32 Å². The zero-order valence-corrected chi connectivity index (χ0v) is 9.94. The lowest BCUT2D eigenvalue weighted by Crippen LogP contribution is -2.26. The molecule has 0 saturated heterocycles. The van der Waals surface area contributed by atoms with Crippen molar-refractivity contribution in [3.05, 3.63) is 34.6 Å². The van der Waals surface area contributed by atoms with Gasteiger partial charge in [-0.1, -0.05) is 18.5 Å². The molecule has 1 atom stereocenters. The maximum absolute atomic E-state index is 13.3. The van der Waals surface area contributed by atoms with Gasteiger partial charge >= 0.3 is 0 Å². The fourth-order valence-corrected chi connectivity index (χ4v) is 1.75. The number of aryl methyl sites for hydroxylation is 1. The first kappa shape index (κ1) is 12.5. The number of nitrogens with one attached hydrogen (secondary N) is 1. The van der Waals surface area contributed by atoms with Crippen LogP contribution in [0.1, 0.15) is 25.8 Å². The van der Waals surface area contributed by atoms with Crippen molar-refractivity contribution in [2.24, 2.45) is 0 Å². The molecule has 1 nitrogen and oxygen atoms in total. The molecule has 0 spiro atoms. The van der Waals surface area contributed by atoms with E-state index in [0.29, 0.717) is 16.6 Å². The van der Waals surface area contributed by atoms with Crippen LogP contribution in [0.4, 0.5) is 4.39 Å². The average molecular weight is 230 g/mol.